The normalized spacial score (nSPS) is 27.4. The van der Waals surface area contributed by atoms with Gasteiger partial charge in [-0.05, 0) is 67.6 Å². The van der Waals surface area contributed by atoms with Crippen molar-refractivity contribution in [2.24, 2.45) is 5.92 Å². The number of benzene rings is 2. The average Bonchev–Trinajstić information content (AvgIpc) is 2.62. The maximum Gasteiger partial charge on any atom is 0.115 e. The lowest BCUT2D eigenvalue weighted by atomic mass is 9.59. The van der Waals surface area contributed by atoms with Crippen LogP contribution in [-0.4, -0.2) is 30.1 Å². The molecule has 0 amide bonds. The van der Waals surface area contributed by atoms with Crippen LogP contribution in [0, 0.1) is 5.92 Å². The Bertz CT molecular complexity index is 752. The predicted octanol–water partition coefficient (Wildman–Crippen LogP) is 4.46. The van der Waals surface area contributed by atoms with Gasteiger partial charge in [-0.2, -0.15) is 0 Å². The summed E-state index contributed by atoms with van der Waals surface area (Å²) in [6, 6.07) is 18.7. The van der Waals surface area contributed by atoms with Crippen LogP contribution in [0.2, 0.25) is 0 Å². The molecule has 1 heterocycles. The van der Waals surface area contributed by atoms with Crippen molar-refractivity contribution < 1.29 is 5.11 Å². The highest BCUT2D eigenvalue weighted by atomic mass is 16.3. The van der Waals surface area contributed by atoms with Crippen LogP contribution >= 0.6 is 0 Å². The summed E-state index contributed by atoms with van der Waals surface area (Å²) in [5, 5.41) is 10.0. The second-order valence-electron chi connectivity index (χ2n) is 7.42. The largest absolute Gasteiger partial charge is 0.508 e. The van der Waals surface area contributed by atoms with Crippen LogP contribution in [0.15, 0.2) is 60.7 Å². The molecule has 124 valence electrons. The molecular formula is C22H25NO. The summed E-state index contributed by atoms with van der Waals surface area (Å²) in [5.41, 5.74) is 4.25. The third kappa shape index (κ3) is 2.65. The van der Waals surface area contributed by atoms with Crippen molar-refractivity contribution in [2.45, 2.75) is 24.7 Å². The van der Waals surface area contributed by atoms with Crippen LogP contribution in [0.25, 0.3) is 5.57 Å². The summed E-state index contributed by atoms with van der Waals surface area (Å²) in [7, 11) is 2.23. The monoisotopic (exact) mass is 319 g/mol. The zero-order valence-electron chi connectivity index (χ0n) is 14.3. The number of phenolic OH excluding ortho intramolecular Hbond substituents is 1. The lowest BCUT2D eigenvalue weighted by molar-refractivity contribution is 0.108. The van der Waals surface area contributed by atoms with Crippen LogP contribution in [0.4, 0.5) is 0 Å². The molecule has 2 aromatic rings. The van der Waals surface area contributed by atoms with Gasteiger partial charge in [-0.3, -0.25) is 0 Å². The third-order valence-corrected chi connectivity index (χ3v) is 5.97. The fourth-order valence-electron chi connectivity index (χ4n) is 4.64. The molecular weight excluding hydrogens is 294 g/mol. The number of fused-ring (bicyclic) bond motifs is 1. The van der Waals surface area contributed by atoms with Gasteiger partial charge in [-0.1, -0.05) is 48.5 Å². The van der Waals surface area contributed by atoms with Crippen molar-refractivity contribution in [3.63, 3.8) is 0 Å². The Labute approximate surface area is 144 Å². The minimum atomic E-state index is 0.144. The van der Waals surface area contributed by atoms with Crippen molar-refractivity contribution in [2.75, 3.05) is 20.1 Å². The van der Waals surface area contributed by atoms with Crippen molar-refractivity contribution in [3.8, 4) is 5.75 Å². The van der Waals surface area contributed by atoms with E-state index in [0.29, 0.717) is 11.7 Å². The standard InChI is InChI=1S/C22H25NO/c1-23-13-12-22(19-8-5-9-21(24)14-19)15-18(10-11-20(22)16-23)17-6-3-2-4-7-17/h2-10,14,20,24H,11-13,15-16H2,1H3/t20-,22+/m1/s1. The minimum absolute atomic E-state index is 0.144. The van der Waals surface area contributed by atoms with E-state index in [0.717, 1.165) is 32.4 Å². The number of hydrogen-bond acceptors (Lipinski definition) is 2. The molecule has 24 heavy (non-hydrogen) atoms. The predicted molar refractivity (Wildman–Crippen MR) is 99.0 cm³/mol. The molecule has 0 spiro atoms. The van der Waals surface area contributed by atoms with Gasteiger partial charge in [0.15, 0.2) is 0 Å². The first-order valence-electron chi connectivity index (χ1n) is 8.90. The van der Waals surface area contributed by atoms with Gasteiger partial charge in [0.2, 0.25) is 0 Å². The van der Waals surface area contributed by atoms with Crippen LogP contribution in [0.5, 0.6) is 5.75 Å². The summed E-state index contributed by atoms with van der Waals surface area (Å²) in [4.78, 5) is 2.45. The lowest BCUT2D eigenvalue weighted by Gasteiger charge is -2.50. The zero-order chi connectivity index (χ0) is 16.6. The first kappa shape index (κ1) is 15.5. The molecule has 0 bridgehead atoms. The van der Waals surface area contributed by atoms with Crippen molar-refractivity contribution in [1.82, 2.24) is 4.90 Å². The molecule has 4 rings (SSSR count). The molecule has 2 heteroatoms. The van der Waals surface area contributed by atoms with Crippen LogP contribution in [0.3, 0.4) is 0 Å². The van der Waals surface area contributed by atoms with E-state index in [9.17, 15) is 5.11 Å². The first-order valence-corrected chi connectivity index (χ1v) is 8.90. The molecule has 1 saturated heterocycles. The van der Waals surface area contributed by atoms with Crippen molar-refractivity contribution in [1.29, 1.82) is 0 Å². The Balaban J connectivity index is 1.77. The van der Waals surface area contributed by atoms with Gasteiger partial charge < -0.3 is 10.0 Å². The van der Waals surface area contributed by atoms with Crippen LogP contribution in [-0.2, 0) is 5.41 Å². The number of likely N-dealkylation sites (tertiary alicyclic amines) is 1. The quantitative estimate of drug-likeness (QED) is 0.883. The summed E-state index contributed by atoms with van der Waals surface area (Å²) in [5.74, 6) is 1.00. The fraction of sp³-hybridized carbons (Fsp3) is 0.364. The molecule has 1 aliphatic carbocycles. The number of nitrogens with zero attached hydrogens (tertiary/aromatic N) is 1. The number of hydrogen-bond donors (Lipinski definition) is 1. The Kier molecular flexibility index (Phi) is 3.93. The Morgan fingerprint density at radius 1 is 1.08 bits per heavy atom. The molecule has 0 aromatic heterocycles. The van der Waals surface area contributed by atoms with E-state index in [2.05, 4.69) is 54.4 Å². The summed E-state index contributed by atoms with van der Waals surface area (Å²) in [6.45, 7) is 2.25. The van der Waals surface area contributed by atoms with E-state index < -0.39 is 0 Å². The Morgan fingerprint density at radius 3 is 2.71 bits per heavy atom. The molecule has 0 radical (unpaired) electrons. The van der Waals surface area contributed by atoms with Gasteiger partial charge >= 0.3 is 0 Å². The highest BCUT2D eigenvalue weighted by Gasteiger charge is 2.45. The average molecular weight is 319 g/mol. The Morgan fingerprint density at radius 2 is 1.92 bits per heavy atom. The third-order valence-electron chi connectivity index (χ3n) is 5.97. The van der Waals surface area contributed by atoms with E-state index >= 15 is 0 Å². The van der Waals surface area contributed by atoms with E-state index in [1.165, 1.54) is 16.7 Å². The Hall–Kier alpha value is -2.06. The van der Waals surface area contributed by atoms with E-state index in [1.54, 1.807) is 6.07 Å². The van der Waals surface area contributed by atoms with E-state index in [4.69, 9.17) is 0 Å². The highest BCUT2D eigenvalue weighted by molar-refractivity contribution is 5.68. The first-order chi connectivity index (χ1) is 11.7. The SMILES string of the molecule is CN1CC[C@@]2(c3cccc(O)c3)CC(c3ccccc3)=CC[C@@H]2C1. The molecule has 0 saturated carbocycles. The second-order valence-corrected chi connectivity index (χ2v) is 7.42. The van der Waals surface area contributed by atoms with Gasteiger partial charge in [0.05, 0.1) is 0 Å². The van der Waals surface area contributed by atoms with Crippen molar-refractivity contribution >= 4 is 5.57 Å². The summed E-state index contributed by atoms with van der Waals surface area (Å²) < 4.78 is 0. The zero-order valence-corrected chi connectivity index (χ0v) is 14.3. The number of piperidine rings is 1. The van der Waals surface area contributed by atoms with E-state index in [1.807, 2.05) is 12.1 Å². The van der Waals surface area contributed by atoms with Gasteiger partial charge in [-0.15, -0.1) is 0 Å². The maximum absolute atomic E-state index is 10.0. The molecule has 2 atom stereocenters. The van der Waals surface area contributed by atoms with Gasteiger partial charge in [0, 0.05) is 12.0 Å². The second kappa shape index (κ2) is 6.10. The van der Waals surface area contributed by atoms with Crippen LogP contribution in [0.1, 0.15) is 30.4 Å². The van der Waals surface area contributed by atoms with Crippen molar-refractivity contribution in [3.05, 3.63) is 71.8 Å². The lowest BCUT2D eigenvalue weighted by Crippen LogP contribution is -2.49. The minimum Gasteiger partial charge on any atom is -0.508 e. The summed E-state index contributed by atoms with van der Waals surface area (Å²) in [6.07, 6.45) is 5.78. The maximum atomic E-state index is 10.0. The fourth-order valence-corrected chi connectivity index (χ4v) is 4.64. The molecule has 1 fully saturated rings. The molecule has 2 nitrogen and oxygen atoms in total. The highest BCUT2D eigenvalue weighted by Crippen LogP contribution is 2.51. The van der Waals surface area contributed by atoms with Gasteiger partial charge in [0.1, 0.15) is 5.75 Å². The smallest absolute Gasteiger partial charge is 0.115 e. The molecule has 0 unspecified atom stereocenters. The number of allylic oxidation sites excluding steroid dienone is 2. The molecule has 2 aliphatic rings. The van der Waals surface area contributed by atoms with E-state index in [-0.39, 0.29) is 5.41 Å². The topological polar surface area (TPSA) is 23.5 Å². The number of phenols is 1. The van der Waals surface area contributed by atoms with Crippen LogP contribution < -0.4 is 0 Å². The molecule has 2 aromatic carbocycles. The molecule has 1 N–H and O–H groups in total. The van der Waals surface area contributed by atoms with Gasteiger partial charge in [-0.25, -0.2) is 0 Å². The number of aromatic hydroxyl groups is 1. The summed E-state index contributed by atoms with van der Waals surface area (Å²) >= 11 is 0. The molecule has 1 aliphatic heterocycles. The van der Waals surface area contributed by atoms with Gasteiger partial charge in [0.25, 0.3) is 0 Å². The number of rotatable bonds is 2.